The van der Waals surface area contributed by atoms with Crippen LogP contribution in [0.25, 0.3) is 0 Å². The molecule has 120 valence electrons. The molecule has 5 heteroatoms. The van der Waals surface area contributed by atoms with Crippen LogP contribution in [0.2, 0.25) is 0 Å². The summed E-state index contributed by atoms with van der Waals surface area (Å²) in [6, 6.07) is 2.26. The quantitative estimate of drug-likeness (QED) is 0.910. The van der Waals surface area contributed by atoms with Crippen LogP contribution in [0.3, 0.4) is 0 Å². The summed E-state index contributed by atoms with van der Waals surface area (Å²) in [5.74, 6) is 0.294. The molecule has 1 aliphatic carbocycles. The molecule has 3 atom stereocenters. The van der Waals surface area contributed by atoms with Crippen LogP contribution in [0.4, 0.5) is 0 Å². The smallest absolute Gasteiger partial charge is 0.264 e. The van der Waals surface area contributed by atoms with Gasteiger partial charge in [0, 0.05) is 17.5 Å². The second-order valence-electron chi connectivity index (χ2n) is 6.89. The molecule has 2 heterocycles. The number of hydrogen-bond donors (Lipinski definition) is 1. The topological polar surface area (TPSA) is 63.4 Å². The lowest BCUT2D eigenvalue weighted by Crippen LogP contribution is -2.48. The number of carbonyl (C=O) groups excluding carboxylic acids is 2. The van der Waals surface area contributed by atoms with E-state index in [4.69, 9.17) is 5.73 Å². The van der Waals surface area contributed by atoms with Gasteiger partial charge in [0.25, 0.3) is 5.91 Å². The largest absolute Gasteiger partial charge is 0.369 e. The van der Waals surface area contributed by atoms with Crippen molar-refractivity contribution < 1.29 is 9.59 Å². The van der Waals surface area contributed by atoms with E-state index < -0.39 is 0 Å². The van der Waals surface area contributed by atoms with E-state index in [1.165, 1.54) is 16.9 Å². The number of likely N-dealkylation sites (tertiary alicyclic amines) is 1. The molecule has 0 unspecified atom stereocenters. The molecular weight excluding hydrogens is 296 g/mol. The van der Waals surface area contributed by atoms with Crippen molar-refractivity contribution in [2.45, 2.75) is 52.0 Å². The van der Waals surface area contributed by atoms with Gasteiger partial charge in [0.1, 0.15) is 0 Å². The first-order valence-electron chi connectivity index (χ1n) is 8.17. The van der Waals surface area contributed by atoms with Gasteiger partial charge in [-0.05, 0) is 56.6 Å². The molecule has 22 heavy (non-hydrogen) atoms. The molecule has 3 rings (SSSR count). The van der Waals surface area contributed by atoms with Crippen LogP contribution >= 0.6 is 11.3 Å². The first-order valence-corrected chi connectivity index (χ1v) is 8.99. The minimum atomic E-state index is -0.288. The number of fused-ring (bicyclic) bond motifs is 1. The molecular formula is C17H24N2O2S. The van der Waals surface area contributed by atoms with Crippen LogP contribution in [0.5, 0.6) is 0 Å². The van der Waals surface area contributed by atoms with Gasteiger partial charge in [-0.25, -0.2) is 0 Å². The molecule has 0 aromatic carbocycles. The van der Waals surface area contributed by atoms with Crippen LogP contribution in [-0.2, 0) is 17.6 Å². The summed E-state index contributed by atoms with van der Waals surface area (Å²) >= 11 is 1.64. The van der Waals surface area contributed by atoms with E-state index >= 15 is 0 Å². The highest BCUT2D eigenvalue weighted by Gasteiger charge is 2.33. The molecule has 1 aromatic rings. The predicted molar refractivity (Wildman–Crippen MR) is 87.9 cm³/mol. The number of thiophene rings is 1. The van der Waals surface area contributed by atoms with Crippen molar-refractivity contribution in [3.05, 3.63) is 21.4 Å². The summed E-state index contributed by atoms with van der Waals surface area (Å²) in [4.78, 5) is 28.4. The standard InChI is InChI=1S/C17H24N2O2S/c1-10-3-6-14-13(7-10)8-15(22-14)17(21)19-9-12(16(18)20)5-4-11(19)2/h8,10-12H,3-7,9H2,1-2H3,(H2,18,20)/t10-,11+,12-/m1/s1. The number of nitrogens with zero attached hydrogens (tertiary/aromatic N) is 1. The average molecular weight is 320 g/mol. The van der Waals surface area contributed by atoms with Gasteiger partial charge in [0.05, 0.1) is 10.8 Å². The van der Waals surface area contributed by atoms with Gasteiger partial charge in [-0.3, -0.25) is 9.59 Å². The van der Waals surface area contributed by atoms with E-state index in [-0.39, 0.29) is 23.8 Å². The third-order valence-corrected chi connectivity index (χ3v) is 6.31. The summed E-state index contributed by atoms with van der Waals surface area (Å²) in [6.07, 6.45) is 5.03. The highest BCUT2D eigenvalue weighted by Crippen LogP contribution is 2.34. The van der Waals surface area contributed by atoms with E-state index in [1.807, 2.05) is 4.90 Å². The molecule has 1 aliphatic heterocycles. The minimum Gasteiger partial charge on any atom is -0.369 e. The number of primary amides is 1. The molecule has 1 saturated heterocycles. The zero-order valence-corrected chi connectivity index (χ0v) is 14.1. The maximum Gasteiger partial charge on any atom is 0.264 e. The van der Waals surface area contributed by atoms with Gasteiger partial charge < -0.3 is 10.6 Å². The Bertz CT molecular complexity index is 595. The Morgan fingerprint density at radius 3 is 2.77 bits per heavy atom. The highest BCUT2D eigenvalue weighted by atomic mass is 32.1. The van der Waals surface area contributed by atoms with Crippen molar-refractivity contribution >= 4 is 23.2 Å². The number of hydrogen-bond acceptors (Lipinski definition) is 3. The Hall–Kier alpha value is -1.36. The Balaban J connectivity index is 1.79. The molecule has 0 radical (unpaired) electrons. The number of rotatable bonds is 2. The van der Waals surface area contributed by atoms with E-state index in [1.54, 1.807) is 11.3 Å². The lowest BCUT2D eigenvalue weighted by Gasteiger charge is -2.36. The molecule has 4 nitrogen and oxygen atoms in total. The van der Waals surface area contributed by atoms with Crippen molar-refractivity contribution in [2.24, 2.45) is 17.6 Å². The van der Waals surface area contributed by atoms with E-state index in [0.717, 1.165) is 30.6 Å². The summed E-state index contributed by atoms with van der Waals surface area (Å²) in [7, 11) is 0. The molecule has 2 amide bonds. The fourth-order valence-electron chi connectivity index (χ4n) is 3.57. The second kappa shape index (κ2) is 6.03. The van der Waals surface area contributed by atoms with Crippen LogP contribution in [0.1, 0.15) is 53.2 Å². The third-order valence-electron chi connectivity index (χ3n) is 5.09. The van der Waals surface area contributed by atoms with Crippen molar-refractivity contribution in [2.75, 3.05) is 6.54 Å². The summed E-state index contributed by atoms with van der Waals surface area (Å²) in [6.45, 7) is 4.80. The van der Waals surface area contributed by atoms with Gasteiger partial charge in [-0.2, -0.15) is 0 Å². The summed E-state index contributed by atoms with van der Waals surface area (Å²) < 4.78 is 0. The summed E-state index contributed by atoms with van der Waals surface area (Å²) in [5.41, 5.74) is 6.78. The SMILES string of the molecule is C[C@@H]1CCc2sc(C(=O)N3C[C@H](C(N)=O)CC[C@@H]3C)cc2C1. The molecule has 0 saturated carbocycles. The molecule has 2 aliphatic rings. The number of piperidine rings is 1. The first kappa shape index (κ1) is 15.5. The molecule has 1 aromatic heterocycles. The van der Waals surface area contributed by atoms with Crippen LogP contribution < -0.4 is 5.73 Å². The third kappa shape index (κ3) is 2.91. The fraction of sp³-hybridized carbons (Fsp3) is 0.647. The number of amides is 2. The highest BCUT2D eigenvalue weighted by molar-refractivity contribution is 7.14. The van der Waals surface area contributed by atoms with Crippen molar-refractivity contribution in [1.82, 2.24) is 4.90 Å². The molecule has 2 N–H and O–H groups in total. The van der Waals surface area contributed by atoms with Gasteiger partial charge in [0.15, 0.2) is 0 Å². The maximum atomic E-state index is 12.9. The molecule has 0 spiro atoms. The lowest BCUT2D eigenvalue weighted by molar-refractivity contribution is -0.123. The Morgan fingerprint density at radius 1 is 1.27 bits per heavy atom. The van der Waals surface area contributed by atoms with Crippen molar-refractivity contribution in [3.63, 3.8) is 0 Å². The van der Waals surface area contributed by atoms with Gasteiger partial charge in [-0.1, -0.05) is 6.92 Å². The van der Waals surface area contributed by atoms with E-state index in [2.05, 4.69) is 19.9 Å². The minimum absolute atomic E-state index is 0.0745. The predicted octanol–water partition coefficient (Wildman–Crippen LogP) is 2.60. The normalized spacial score (nSPS) is 28.3. The Kier molecular flexibility index (Phi) is 4.26. The zero-order chi connectivity index (χ0) is 15.9. The summed E-state index contributed by atoms with van der Waals surface area (Å²) in [5, 5.41) is 0. The molecule has 0 bridgehead atoms. The zero-order valence-electron chi connectivity index (χ0n) is 13.3. The fourth-order valence-corrected chi connectivity index (χ4v) is 4.74. The van der Waals surface area contributed by atoms with Gasteiger partial charge in [0.2, 0.25) is 5.91 Å². The van der Waals surface area contributed by atoms with E-state index in [0.29, 0.717) is 12.5 Å². The van der Waals surface area contributed by atoms with Crippen LogP contribution in [0.15, 0.2) is 6.07 Å². The lowest BCUT2D eigenvalue weighted by atomic mass is 9.90. The van der Waals surface area contributed by atoms with Crippen LogP contribution in [0, 0.1) is 11.8 Å². The monoisotopic (exact) mass is 320 g/mol. The van der Waals surface area contributed by atoms with Crippen molar-refractivity contribution in [1.29, 1.82) is 0 Å². The number of carbonyl (C=O) groups is 2. The molecule has 1 fully saturated rings. The number of aryl methyl sites for hydroxylation is 1. The number of nitrogens with two attached hydrogens (primary N) is 1. The van der Waals surface area contributed by atoms with Crippen molar-refractivity contribution in [3.8, 4) is 0 Å². The van der Waals surface area contributed by atoms with Crippen LogP contribution in [-0.4, -0.2) is 29.3 Å². The van der Waals surface area contributed by atoms with Gasteiger partial charge in [-0.15, -0.1) is 11.3 Å². The Morgan fingerprint density at radius 2 is 2.05 bits per heavy atom. The first-order chi connectivity index (χ1) is 10.5. The van der Waals surface area contributed by atoms with Gasteiger partial charge >= 0.3 is 0 Å². The maximum absolute atomic E-state index is 12.9. The average Bonchev–Trinajstić information content (AvgIpc) is 2.89. The Labute approximate surface area is 135 Å². The van der Waals surface area contributed by atoms with E-state index in [9.17, 15) is 9.59 Å². The second-order valence-corrected chi connectivity index (χ2v) is 8.03.